The van der Waals surface area contributed by atoms with Gasteiger partial charge in [0.2, 0.25) is 15.9 Å². The maximum absolute atomic E-state index is 11.6. The zero-order valence-corrected chi connectivity index (χ0v) is 15.1. The Balaban J connectivity index is 1.80. The van der Waals surface area contributed by atoms with Gasteiger partial charge in [0.05, 0.1) is 12.8 Å². The lowest BCUT2D eigenvalue weighted by Crippen LogP contribution is -2.37. The van der Waals surface area contributed by atoms with Gasteiger partial charge in [0.15, 0.2) is 5.82 Å². The van der Waals surface area contributed by atoms with Crippen LogP contribution in [0, 0.1) is 5.92 Å². The number of hydrogen-bond donors (Lipinski definition) is 2. The molecule has 0 aromatic carbocycles. The van der Waals surface area contributed by atoms with Crippen molar-refractivity contribution in [3.8, 4) is 0 Å². The number of hydrogen-bond acceptors (Lipinski definition) is 6. The van der Waals surface area contributed by atoms with E-state index in [-0.39, 0.29) is 18.5 Å². The topological polar surface area (TPSA) is 117 Å². The molecule has 2 heterocycles. The highest BCUT2D eigenvalue weighted by Gasteiger charge is 2.28. The standard InChI is InChI=1S/C14H25N5O4S/c1-10(2)8-15-14(20)16-9-12-17-13(18-23-12)11-4-6-19(7-5-11)24(3,21)22/h10-11H,4-9H2,1-3H3,(H2,15,16,20). The summed E-state index contributed by atoms with van der Waals surface area (Å²) in [6.45, 7) is 5.71. The first kappa shape index (κ1) is 18.7. The fourth-order valence-electron chi connectivity index (χ4n) is 2.47. The van der Waals surface area contributed by atoms with Gasteiger partial charge in [-0.1, -0.05) is 19.0 Å². The Kier molecular flexibility index (Phi) is 6.16. The van der Waals surface area contributed by atoms with Crippen molar-refractivity contribution in [2.45, 2.75) is 39.2 Å². The summed E-state index contributed by atoms with van der Waals surface area (Å²) in [4.78, 5) is 15.9. The van der Waals surface area contributed by atoms with Crippen LogP contribution < -0.4 is 10.6 Å². The number of carbonyl (C=O) groups is 1. The number of sulfonamides is 1. The van der Waals surface area contributed by atoms with Crippen LogP contribution in [0.4, 0.5) is 4.79 Å². The quantitative estimate of drug-likeness (QED) is 0.770. The average Bonchev–Trinajstić information content (AvgIpc) is 2.99. The van der Waals surface area contributed by atoms with Gasteiger partial charge >= 0.3 is 6.03 Å². The third kappa shape index (κ3) is 5.45. The van der Waals surface area contributed by atoms with E-state index in [1.165, 1.54) is 10.6 Å². The van der Waals surface area contributed by atoms with E-state index in [9.17, 15) is 13.2 Å². The third-order valence-electron chi connectivity index (χ3n) is 3.84. The number of urea groups is 1. The summed E-state index contributed by atoms with van der Waals surface area (Å²) in [6.07, 6.45) is 2.54. The molecule has 1 aromatic heterocycles. The van der Waals surface area contributed by atoms with Crippen LogP contribution >= 0.6 is 0 Å². The summed E-state index contributed by atoms with van der Waals surface area (Å²) >= 11 is 0. The van der Waals surface area contributed by atoms with Gasteiger partial charge in [-0.05, 0) is 18.8 Å². The SMILES string of the molecule is CC(C)CNC(=O)NCc1nc(C2CCN(S(C)(=O)=O)CC2)no1. The molecule has 2 amide bonds. The minimum absolute atomic E-state index is 0.0790. The maximum atomic E-state index is 11.6. The predicted octanol–water partition coefficient (Wildman–Crippen LogP) is 0.664. The predicted molar refractivity (Wildman–Crippen MR) is 87.8 cm³/mol. The normalized spacial score (nSPS) is 17.2. The lowest BCUT2D eigenvalue weighted by atomic mass is 9.98. The van der Waals surface area contributed by atoms with Gasteiger partial charge in [0, 0.05) is 25.6 Å². The van der Waals surface area contributed by atoms with Crippen LogP contribution in [0.15, 0.2) is 4.52 Å². The molecular weight excluding hydrogens is 334 g/mol. The Labute approximate surface area is 142 Å². The lowest BCUT2D eigenvalue weighted by Gasteiger charge is -2.28. The number of aromatic nitrogens is 2. The van der Waals surface area contributed by atoms with Crippen molar-refractivity contribution < 1.29 is 17.7 Å². The number of amides is 2. The van der Waals surface area contributed by atoms with E-state index in [0.29, 0.717) is 50.1 Å². The molecule has 136 valence electrons. The zero-order chi connectivity index (χ0) is 17.7. The van der Waals surface area contributed by atoms with E-state index in [1.54, 1.807) is 0 Å². The van der Waals surface area contributed by atoms with Crippen molar-refractivity contribution >= 4 is 16.1 Å². The molecule has 2 N–H and O–H groups in total. The monoisotopic (exact) mass is 359 g/mol. The fourth-order valence-corrected chi connectivity index (χ4v) is 3.34. The van der Waals surface area contributed by atoms with Gasteiger partial charge < -0.3 is 15.2 Å². The van der Waals surface area contributed by atoms with Gasteiger partial charge in [0.25, 0.3) is 0 Å². The van der Waals surface area contributed by atoms with Crippen molar-refractivity contribution in [3.05, 3.63) is 11.7 Å². The van der Waals surface area contributed by atoms with Gasteiger partial charge in [-0.2, -0.15) is 4.98 Å². The smallest absolute Gasteiger partial charge is 0.315 e. The molecule has 9 nitrogen and oxygen atoms in total. The molecule has 24 heavy (non-hydrogen) atoms. The van der Waals surface area contributed by atoms with E-state index < -0.39 is 10.0 Å². The Morgan fingerprint density at radius 1 is 1.33 bits per heavy atom. The molecule has 0 spiro atoms. The molecule has 10 heteroatoms. The second kappa shape index (κ2) is 7.93. The van der Waals surface area contributed by atoms with Crippen molar-refractivity contribution in [2.75, 3.05) is 25.9 Å². The number of rotatable bonds is 6. The Morgan fingerprint density at radius 2 is 2.00 bits per heavy atom. The number of carbonyl (C=O) groups excluding carboxylic acids is 1. The van der Waals surface area contributed by atoms with E-state index >= 15 is 0 Å². The average molecular weight is 359 g/mol. The molecule has 0 radical (unpaired) electrons. The minimum Gasteiger partial charge on any atom is -0.338 e. The summed E-state index contributed by atoms with van der Waals surface area (Å²) in [6, 6.07) is -0.273. The maximum Gasteiger partial charge on any atom is 0.315 e. The molecule has 0 bridgehead atoms. The number of piperidine rings is 1. The second-order valence-electron chi connectivity index (χ2n) is 6.44. The molecule has 1 aliphatic heterocycles. The molecule has 1 aromatic rings. The van der Waals surface area contributed by atoms with Crippen molar-refractivity contribution in [1.29, 1.82) is 0 Å². The molecule has 1 saturated heterocycles. The van der Waals surface area contributed by atoms with Gasteiger partial charge in [-0.15, -0.1) is 0 Å². The van der Waals surface area contributed by atoms with Crippen LogP contribution in [0.2, 0.25) is 0 Å². The highest BCUT2D eigenvalue weighted by molar-refractivity contribution is 7.88. The van der Waals surface area contributed by atoms with Crippen LogP contribution in [-0.2, 0) is 16.6 Å². The lowest BCUT2D eigenvalue weighted by molar-refractivity contribution is 0.237. The first-order valence-corrected chi connectivity index (χ1v) is 9.90. The van der Waals surface area contributed by atoms with Crippen LogP contribution in [0.25, 0.3) is 0 Å². The summed E-state index contributed by atoms with van der Waals surface area (Å²) in [5, 5.41) is 9.36. The van der Waals surface area contributed by atoms with Gasteiger partial charge in [0.1, 0.15) is 0 Å². The second-order valence-corrected chi connectivity index (χ2v) is 8.42. The fraction of sp³-hybridized carbons (Fsp3) is 0.786. The van der Waals surface area contributed by atoms with Crippen LogP contribution in [0.5, 0.6) is 0 Å². The minimum atomic E-state index is -3.14. The van der Waals surface area contributed by atoms with Crippen LogP contribution in [0.3, 0.4) is 0 Å². The highest BCUT2D eigenvalue weighted by atomic mass is 32.2. The molecule has 0 saturated carbocycles. The number of nitrogens with one attached hydrogen (secondary N) is 2. The molecule has 1 aliphatic rings. The van der Waals surface area contributed by atoms with E-state index in [1.807, 2.05) is 13.8 Å². The Bertz CT molecular complexity index is 650. The van der Waals surface area contributed by atoms with E-state index in [0.717, 1.165) is 0 Å². The molecule has 0 atom stereocenters. The van der Waals surface area contributed by atoms with Crippen LogP contribution in [-0.4, -0.2) is 54.8 Å². The first-order chi connectivity index (χ1) is 11.3. The molecule has 0 unspecified atom stereocenters. The Morgan fingerprint density at radius 3 is 2.58 bits per heavy atom. The summed E-state index contributed by atoms with van der Waals surface area (Å²) < 4.78 is 29.6. The summed E-state index contributed by atoms with van der Waals surface area (Å²) in [5.41, 5.74) is 0. The Hall–Kier alpha value is -1.68. The first-order valence-electron chi connectivity index (χ1n) is 8.05. The van der Waals surface area contributed by atoms with Gasteiger partial charge in [-0.25, -0.2) is 17.5 Å². The van der Waals surface area contributed by atoms with Crippen LogP contribution in [0.1, 0.15) is 44.3 Å². The molecule has 1 fully saturated rings. The third-order valence-corrected chi connectivity index (χ3v) is 5.15. The summed E-state index contributed by atoms with van der Waals surface area (Å²) in [7, 11) is -3.14. The molecule has 0 aliphatic carbocycles. The van der Waals surface area contributed by atoms with E-state index in [2.05, 4.69) is 20.8 Å². The van der Waals surface area contributed by atoms with Crippen molar-refractivity contribution in [3.63, 3.8) is 0 Å². The van der Waals surface area contributed by atoms with Gasteiger partial charge in [-0.3, -0.25) is 0 Å². The molecular formula is C14H25N5O4S. The largest absolute Gasteiger partial charge is 0.338 e. The van der Waals surface area contributed by atoms with E-state index in [4.69, 9.17) is 4.52 Å². The molecule has 2 rings (SSSR count). The summed E-state index contributed by atoms with van der Waals surface area (Å²) in [5.74, 6) is 1.37. The zero-order valence-electron chi connectivity index (χ0n) is 14.3. The van der Waals surface area contributed by atoms with Crippen molar-refractivity contribution in [2.24, 2.45) is 5.92 Å². The highest BCUT2D eigenvalue weighted by Crippen LogP contribution is 2.26. The van der Waals surface area contributed by atoms with Crippen molar-refractivity contribution in [1.82, 2.24) is 25.1 Å². The number of nitrogens with zero attached hydrogens (tertiary/aromatic N) is 3.